The lowest BCUT2D eigenvalue weighted by Crippen LogP contribution is -2.41. The fourth-order valence-corrected chi connectivity index (χ4v) is 3.29. The van der Waals surface area contributed by atoms with Gasteiger partial charge in [-0.05, 0) is 38.0 Å². The van der Waals surface area contributed by atoms with Crippen LogP contribution in [0.4, 0.5) is 15.9 Å². The molecule has 10 heteroatoms. The molecule has 1 saturated heterocycles. The number of benzene rings is 1. The van der Waals surface area contributed by atoms with E-state index in [1.807, 2.05) is 0 Å². The molecule has 2 heterocycles. The highest BCUT2D eigenvalue weighted by molar-refractivity contribution is 6.30. The Balaban J connectivity index is 1.63. The molecule has 1 fully saturated rings. The number of hydrogen-bond donors (Lipinski definition) is 1. The van der Waals surface area contributed by atoms with Crippen molar-refractivity contribution in [1.29, 1.82) is 0 Å². The molecule has 1 aromatic carbocycles. The van der Waals surface area contributed by atoms with Crippen molar-refractivity contribution in [2.24, 2.45) is 5.92 Å². The minimum atomic E-state index is -0.799. The Morgan fingerprint density at radius 3 is 2.59 bits per heavy atom. The number of halogens is 2. The molecule has 0 bridgehead atoms. The number of anilines is 1. The predicted molar refractivity (Wildman–Crippen MR) is 104 cm³/mol. The molecule has 8 nitrogen and oxygen atoms in total. The summed E-state index contributed by atoms with van der Waals surface area (Å²) in [5, 5.41) is 14.2. The van der Waals surface area contributed by atoms with E-state index in [1.165, 1.54) is 18.0 Å². The molecule has 1 aliphatic rings. The fourth-order valence-electron chi connectivity index (χ4n) is 3.18. The number of likely N-dealkylation sites (tertiary alicyclic amines) is 1. The second-order valence-corrected chi connectivity index (χ2v) is 7.21. The third-order valence-electron chi connectivity index (χ3n) is 4.89. The minimum Gasteiger partial charge on any atom is -0.339 e. The summed E-state index contributed by atoms with van der Waals surface area (Å²) in [6.07, 6.45) is 2.27. The van der Waals surface area contributed by atoms with Gasteiger partial charge in [-0.1, -0.05) is 11.6 Å². The van der Waals surface area contributed by atoms with Crippen molar-refractivity contribution in [3.05, 3.63) is 62.5 Å². The first kappa shape index (κ1) is 20.7. The summed E-state index contributed by atoms with van der Waals surface area (Å²) < 4.78 is 14.0. The second-order valence-electron chi connectivity index (χ2n) is 6.78. The molecule has 2 aromatic rings. The van der Waals surface area contributed by atoms with Gasteiger partial charge in [0, 0.05) is 36.8 Å². The van der Waals surface area contributed by atoms with Gasteiger partial charge in [0.05, 0.1) is 15.5 Å². The third-order valence-corrected chi connectivity index (χ3v) is 5.12. The first-order chi connectivity index (χ1) is 13.8. The molecule has 0 saturated carbocycles. The van der Waals surface area contributed by atoms with Crippen molar-refractivity contribution < 1.29 is 18.9 Å². The summed E-state index contributed by atoms with van der Waals surface area (Å²) in [5.41, 5.74) is -0.621. The molecule has 2 amide bonds. The molecule has 1 aromatic heterocycles. The number of hydrogen-bond acceptors (Lipinski definition) is 5. The molecule has 3 rings (SSSR count). The number of aromatic nitrogens is 1. The van der Waals surface area contributed by atoms with Crippen LogP contribution in [0.2, 0.25) is 5.02 Å². The van der Waals surface area contributed by atoms with Gasteiger partial charge in [0.15, 0.2) is 0 Å². The number of nitro groups is 1. The fraction of sp³-hybridized carbons (Fsp3) is 0.316. The Morgan fingerprint density at radius 1 is 1.31 bits per heavy atom. The predicted octanol–water partition coefficient (Wildman–Crippen LogP) is 3.58. The number of nitrogens with zero attached hydrogens (tertiary/aromatic N) is 3. The van der Waals surface area contributed by atoms with Crippen LogP contribution in [0.3, 0.4) is 0 Å². The highest BCUT2D eigenvalue weighted by atomic mass is 35.5. The molecule has 0 unspecified atom stereocenters. The quantitative estimate of drug-likeness (QED) is 0.601. The Bertz CT molecular complexity index is 959. The normalized spacial score (nSPS) is 14.5. The summed E-state index contributed by atoms with van der Waals surface area (Å²) in [4.78, 5) is 40.9. The lowest BCUT2D eigenvalue weighted by Gasteiger charge is -2.31. The van der Waals surface area contributed by atoms with Gasteiger partial charge in [0.2, 0.25) is 5.91 Å². The molecule has 0 spiro atoms. The van der Waals surface area contributed by atoms with E-state index in [2.05, 4.69) is 10.3 Å². The van der Waals surface area contributed by atoms with Crippen molar-refractivity contribution in [2.75, 3.05) is 18.4 Å². The summed E-state index contributed by atoms with van der Waals surface area (Å²) in [5.74, 6) is -1.41. The lowest BCUT2D eigenvalue weighted by atomic mass is 9.95. The maximum absolute atomic E-state index is 14.0. The van der Waals surface area contributed by atoms with Gasteiger partial charge >= 0.3 is 0 Å². The number of nitro benzene ring substituents is 1. The number of rotatable bonds is 4. The van der Waals surface area contributed by atoms with Crippen molar-refractivity contribution in [2.45, 2.75) is 19.8 Å². The van der Waals surface area contributed by atoms with Crippen molar-refractivity contribution in [3.8, 4) is 0 Å². The van der Waals surface area contributed by atoms with Crippen molar-refractivity contribution in [3.63, 3.8) is 0 Å². The van der Waals surface area contributed by atoms with Crippen LogP contribution in [-0.2, 0) is 4.79 Å². The van der Waals surface area contributed by atoms with E-state index in [1.54, 1.807) is 12.1 Å². The van der Waals surface area contributed by atoms with Gasteiger partial charge in [-0.3, -0.25) is 19.7 Å². The first-order valence-corrected chi connectivity index (χ1v) is 9.30. The summed E-state index contributed by atoms with van der Waals surface area (Å²) in [6.45, 7) is 1.86. The number of carbonyl (C=O) groups excluding carboxylic acids is 2. The molecule has 152 valence electrons. The van der Waals surface area contributed by atoms with Crippen LogP contribution in [0, 0.1) is 28.8 Å². The van der Waals surface area contributed by atoms with Gasteiger partial charge in [-0.25, -0.2) is 9.37 Å². The standard InChI is InChI=1S/C19H18ClFN4O4/c1-11-15(21)8-13(9-16(11)25(28)29)19(27)24-6-4-12(5-7-24)18(26)23-17-3-2-14(20)10-22-17/h2-3,8-10,12H,4-7H2,1H3,(H,22,23,26). The highest BCUT2D eigenvalue weighted by Gasteiger charge is 2.29. The zero-order valence-corrected chi connectivity index (χ0v) is 16.3. The topological polar surface area (TPSA) is 105 Å². The summed E-state index contributed by atoms with van der Waals surface area (Å²) >= 11 is 5.77. The molecule has 1 aliphatic heterocycles. The van der Waals surface area contributed by atoms with Gasteiger partial charge in [-0.15, -0.1) is 0 Å². The number of amides is 2. The van der Waals surface area contributed by atoms with E-state index in [0.717, 1.165) is 12.1 Å². The highest BCUT2D eigenvalue weighted by Crippen LogP contribution is 2.26. The molecule has 0 aliphatic carbocycles. The number of pyridine rings is 1. The number of piperidine rings is 1. The van der Waals surface area contributed by atoms with Crippen LogP contribution >= 0.6 is 11.6 Å². The van der Waals surface area contributed by atoms with Gasteiger partial charge in [-0.2, -0.15) is 0 Å². The van der Waals surface area contributed by atoms with E-state index in [-0.39, 0.29) is 36.0 Å². The second kappa shape index (κ2) is 8.52. The zero-order chi connectivity index (χ0) is 21.1. The smallest absolute Gasteiger partial charge is 0.276 e. The Morgan fingerprint density at radius 2 is 2.00 bits per heavy atom. The largest absolute Gasteiger partial charge is 0.339 e. The molecule has 29 heavy (non-hydrogen) atoms. The Labute approximate surface area is 170 Å². The maximum atomic E-state index is 14.0. The van der Waals surface area contributed by atoms with E-state index in [0.29, 0.717) is 23.7 Å². The average Bonchev–Trinajstić information content (AvgIpc) is 2.71. The first-order valence-electron chi connectivity index (χ1n) is 8.92. The van der Waals surface area contributed by atoms with Gasteiger partial charge < -0.3 is 10.2 Å². The van der Waals surface area contributed by atoms with E-state index in [9.17, 15) is 24.1 Å². The molecule has 0 atom stereocenters. The number of carbonyl (C=O) groups is 2. The van der Waals surface area contributed by atoms with Gasteiger partial charge in [0.1, 0.15) is 11.6 Å². The lowest BCUT2D eigenvalue weighted by molar-refractivity contribution is -0.385. The van der Waals surface area contributed by atoms with Crippen molar-refractivity contribution in [1.82, 2.24) is 9.88 Å². The number of nitrogens with one attached hydrogen (secondary N) is 1. The average molecular weight is 421 g/mol. The van der Waals surface area contributed by atoms with Crippen molar-refractivity contribution >= 4 is 34.9 Å². The maximum Gasteiger partial charge on any atom is 0.276 e. The van der Waals surface area contributed by atoms with Crippen LogP contribution in [-0.4, -0.2) is 39.7 Å². The molecular weight excluding hydrogens is 403 g/mol. The Kier molecular flexibility index (Phi) is 6.07. The minimum absolute atomic E-state index is 0.0759. The van der Waals surface area contributed by atoms with E-state index < -0.39 is 22.3 Å². The molecule has 0 radical (unpaired) electrons. The third kappa shape index (κ3) is 4.68. The summed E-state index contributed by atoms with van der Waals surface area (Å²) in [6, 6.07) is 5.31. The monoisotopic (exact) mass is 420 g/mol. The van der Waals surface area contributed by atoms with Crippen LogP contribution in [0.25, 0.3) is 0 Å². The van der Waals surface area contributed by atoms with Crippen LogP contribution in [0.15, 0.2) is 30.5 Å². The SMILES string of the molecule is Cc1c(F)cc(C(=O)N2CCC(C(=O)Nc3ccc(Cl)cn3)CC2)cc1[N+](=O)[O-]. The van der Waals surface area contributed by atoms with Gasteiger partial charge in [0.25, 0.3) is 11.6 Å². The zero-order valence-electron chi connectivity index (χ0n) is 15.5. The van der Waals surface area contributed by atoms with Crippen LogP contribution in [0.5, 0.6) is 0 Å². The van der Waals surface area contributed by atoms with Crippen LogP contribution in [0.1, 0.15) is 28.8 Å². The summed E-state index contributed by atoms with van der Waals surface area (Å²) in [7, 11) is 0. The molecular formula is C19H18ClFN4O4. The van der Waals surface area contributed by atoms with E-state index in [4.69, 9.17) is 11.6 Å². The molecule has 1 N–H and O–H groups in total. The van der Waals surface area contributed by atoms with Crippen LogP contribution < -0.4 is 5.32 Å². The Hall–Kier alpha value is -3.07. The van der Waals surface area contributed by atoms with E-state index >= 15 is 0 Å².